The Morgan fingerprint density at radius 3 is 2.50 bits per heavy atom. The molecule has 24 heavy (non-hydrogen) atoms. The molecular weight excluding hydrogens is 321 g/mol. The Bertz CT molecular complexity index is 730. The SMILES string of the molecule is FC(F)(F)c1cc(C2CC3(OCCO3)C2c2ccccn2)ccn1. The van der Waals surface area contributed by atoms with Gasteiger partial charge in [0.25, 0.3) is 0 Å². The standard InChI is InChI=1S/C17H15F3N2O2/c18-17(19,20)14-9-11(4-6-22-14)12-10-16(23-7-8-24-16)15(12)13-3-1-2-5-21-13/h1-6,9,12,15H,7-8,10H2. The summed E-state index contributed by atoms with van der Waals surface area (Å²) in [6, 6.07) is 8.25. The van der Waals surface area contributed by atoms with Crippen molar-refractivity contribution >= 4 is 0 Å². The van der Waals surface area contributed by atoms with E-state index in [9.17, 15) is 13.2 Å². The summed E-state index contributed by atoms with van der Waals surface area (Å²) in [7, 11) is 0. The van der Waals surface area contributed by atoms with Gasteiger partial charge in [0.15, 0.2) is 5.79 Å². The third kappa shape index (κ3) is 2.48. The van der Waals surface area contributed by atoms with E-state index in [4.69, 9.17) is 9.47 Å². The van der Waals surface area contributed by atoms with Gasteiger partial charge in [-0.05, 0) is 29.8 Å². The second-order valence-corrected chi connectivity index (χ2v) is 6.02. The molecule has 0 aromatic carbocycles. The van der Waals surface area contributed by atoms with Crippen LogP contribution in [0.1, 0.15) is 35.2 Å². The summed E-state index contributed by atoms with van der Waals surface area (Å²) >= 11 is 0. The molecular formula is C17H15F3N2O2. The lowest BCUT2D eigenvalue weighted by molar-refractivity contribution is -0.234. The lowest BCUT2D eigenvalue weighted by Gasteiger charge is -2.51. The average Bonchev–Trinajstić information content (AvgIpc) is 3.05. The van der Waals surface area contributed by atoms with Crippen molar-refractivity contribution in [2.45, 2.75) is 30.2 Å². The maximum Gasteiger partial charge on any atom is 0.433 e. The Hall–Kier alpha value is -1.99. The van der Waals surface area contributed by atoms with Gasteiger partial charge in [0.05, 0.1) is 19.1 Å². The highest BCUT2D eigenvalue weighted by atomic mass is 19.4. The first kappa shape index (κ1) is 15.5. The van der Waals surface area contributed by atoms with Gasteiger partial charge in [-0.3, -0.25) is 9.97 Å². The largest absolute Gasteiger partial charge is 0.433 e. The molecule has 2 aliphatic rings. The maximum atomic E-state index is 12.9. The van der Waals surface area contributed by atoms with E-state index in [2.05, 4.69) is 9.97 Å². The molecule has 7 heteroatoms. The minimum atomic E-state index is -4.46. The first-order chi connectivity index (χ1) is 11.5. The molecule has 1 saturated carbocycles. The molecule has 0 amide bonds. The third-order valence-electron chi connectivity index (χ3n) is 4.67. The Kier molecular flexibility index (Phi) is 3.58. The molecule has 0 N–H and O–H groups in total. The fourth-order valence-corrected chi connectivity index (χ4v) is 3.60. The smallest absolute Gasteiger partial charge is 0.347 e. The summed E-state index contributed by atoms with van der Waals surface area (Å²) in [5.74, 6) is -1.16. The molecule has 1 spiro atoms. The number of hydrogen-bond acceptors (Lipinski definition) is 4. The number of hydrogen-bond donors (Lipinski definition) is 0. The number of aromatic nitrogens is 2. The van der Waals surface area contributed by atoms with Crippen LogP contribution in [-0.2, 0) is 15.7 Å². The normalized spacial score (nSPS) is 25.6. The van der Waals surface area contributed by atoms with Crippen molar-refractivity contribution in [2.24, 2.45) is 0 Å². The van der Waals surface area contributed by atoms with Gasteiger partial charge in [-0.1, -0.05) is 6.07 Å². The molecule has 2 unspecified atom stereocenters. The molecule has 1 saturated heterocycles. The van der Waals surface area contributed by atoms with E-state index in [1.54, 1.807) is 18.3 Å². The number of pyridine rings is 2. The predicted molar refractivity (Wildman–Crippen MR) is 78.2 cm³/mol. The van der Waals surface area contributed by atoms with E-state index >= 15 is 0 Å². The maximum absolute atomic E-state index is 12.9. The van der Waals surface area contributed by atoms with Gasteiger partial charge in [-0.25, -0.2) is 0 Å². The average molecular weight is 336 g/mol. The van der Waals surface area contributed by atoms with Crippen molar-refractivity contribution in [1.82, 2.24) is 9.97 Å². The monoisotopic (exact) mass is 336 g/mol. The zero-order chi connectivity index (χ0) is 16.8. The topological polar surface area (TPSA) is 44.2 Å². The van der Waals surface area contributed by atoms with Crippen LogP contribution < -0.4 is 0 Å². The Morgan fingerprint density at radius 1 is 1.04 bits per heavy atom. The van der Waals surface area contributed by atoms with Crippen LogP contribution >= 0.6 is 0 Å². The number of halogens is 3. The van der Waals surface area contributed by atoms with Gasteiger partial charge in [-0.2, -0.15) is 13.2 Å². The molecule has 1 aliphatic heterocycles. The first-order valence-electron chi connectivity index (χ1n) is 7.72. The molecule has 3 heterocycles. The molecule has 2 atom stereocenters. The Balaban J connectivity index is 1.71. The van der Waals surface area contributed by atoms with E-state index in [-0.39, 0.29) is 11.8 Å². The highest BCUT2D eigenvalue weighted by Crippen LogP contribution is 2.59. The molecule has 4 rings (SSSR count). The van der Waals surface area contributed by atoms with Crippen LogP contribution in [0.4, 0.5) is 13.2 Å². The van der Waals surface area contributed by atoms with E-state index in [1.165, 1.54) is 6.20 Å². The van der Waals surface area contributed by atoms with Crippen LogP contribution in [0.5, 0.6) is 0 Å². The minimum absolute atomic E-state index is 0.151. The molecule has 4 nitrogen and oxygen atoms in total. The van der Waals surface area contributed by atoms with Crippen LogP contribution in [0.3, 0.4) is 0 Å². The summed E-state index contributed by atoms with van der Waals surface area (Å²) in [5.41, 5.74) is 0.465. The first-order valence-corrected chi connectivity index (χ1v) is 7.72. The minimum Gasteiger partial charge on any atom is -0.347 e. The summed E-state index contributed by atoms with van der Waals surface area (Å²) in [4.78, 5) is 7.80. The van der Waals surface area contributed by atoms with Crippen molar-refractivity contribution in [1.29, 1.82) is 0 Å². The van der Waals surface area contributed by atoms with Gasteiger partial charge in [0.1, 0.15) is 5.69 Å². The molecule has 2 fully saturated rings. The van der Waals surface area contributed by atoms with Crippen LogP contribution in [0.2, 0.25) is 0 Å². The third-order valence-corrected chi connectivity index (χ3v) is 4.67. The molecule has 0 radical (unpaired) electrons. The van der Waals surface area contributed by atoms with Gasteiger partial charge in [-0.15, -0.1) is 0 Å². The van der Waals surface area contributed by atoms with Gasteiger partial charge in [0.2, 0.25) is 0 Å². The van der Waals surface area contributed by atoms with Crippen LogP contribution in [-0.4, -0.2) is 29.0 Å². The van der Waals surface area contributed by atoms with Crippen molar-refractivity contribution in [3.63, 3.8) is 0 Å². The van der Waals surface area contributed by atoms with Gasteiger partial charge in [0, 0.05) is 30.4 Å². The summed E-state index contributed by atoms with van der Waals surface area (Å²) < 4.78 is 50.4. The fraction of sp³-hybridized carbons (Fsp3) is 0.412. The zero-order valence-corrected chi connectivity index (χ0v) is 12.7. The van der Waals surface area contributed by atoms with Gasteiger partial charge < -0.3 is 9.47 Å². The van der Waals surface area contributed by atoms with Crippen molar-refractivity contribution in [3.8, 4) is 0 Å². The van der Waals surface area contributed by atoms with E-state index in [0.29, 0.717) is 25.2 Å². The van der Waals surface area contributed by atoms with Crippen molar-refractivity contribution < 1.29 is 22.6 Å². The Labute approximate surface area is 136 Å². The predicted octanol–water partition coefficient (Wildman–Crippen LogP) is 3.51. The highest BCUT2D eigenvalue weighted by molar-refractivity contribution is 5.34. The lowest BCUT2D eigenvalue weighted by Crippen LogP contribution is -2.52. The lowest BCUT2D eigenvalue weighted by atomic mass is 9.63. The molecule has 2 aromatic rings. The number of rotatable bonds is 2. The molecule has 126 valence electrons. The van der Waals surface area contributed by atoms with Crippen molar-refractivity contribution in [3.05, 3.63) is 59.7 Å². The van der Waals surface area contributed by atoms with Gasteiger partial charge >= 0.3 is 6.18 Å². The van der Waals surface area contributed by atoms with E-state index in [1.807, 2.05) is 12.1 Å². The van der Waals surface area contributed by atoms with E-state index in [0.717, 1.165) is 11.8 Å². The quantitative estimate of drug-likeness (QED) is 0.842. The number of nitrogens with zero attached hydrogens (tertiary/aromatic N) is 2. The van der Waals surface area contributed by atoms with Crippen LogP contribution in [0.25, 0.3) is 0 Å². The van der Waals surface area contributed by atoms with Crippen molar-refractivity contribution in [2.75, 3.05) is 13.2 Å². The number of alkyl halides is 3. The van der Waals surface area contributed by atoms with Crippen LogP contribution in [0, 0.1) is 0 Å². The summed E-state index contributed by atoms with van der Waals surface area (Å²) in [6.07, 6.45) is -1.08. The summed E-state index contributed by atoms with van der Waals surface area (Å²) in [5, 5.41) is 0. The second-order valence-electron chi connectivity index (χ2n) is 6.02. The van der Waals surface area contributed by atoms with Crippen LogP contribution in [0.15, 0.2) is 42.7 Å². The molecule has 0 bridgehead atoms. The zero-order valence-electron chi connectivity index (χ0n) is 12.7. The fourth-order valence-electron chi connectivity index (χ4n) is 3.60. The van der Waals surface area contributed by atoms with E-state index < -0.39 is 17.7 Å². The highest BCUT2D eigenvalue weighted by Gasteiger charge is 2.60. The molecule has 1 aliphatic carbocycles. The molecule has 2 aromatic heterocycles. The Morgan fingerprint density at radius 2 is 1.83 bits per heavy atom. The second kappa shape index (κ2) is 5.53. The number of ether oxygens (including phenoxy) is 2. The summed E-state index contributed by atoms with van der Waals surface area (Å²) in [6.45, 7) is 0.973.